The van der Waals surface area contributed by atoms with E-state index in [9.17, 15) is 13.7 Å². The maximum absolute atomic E-state index is 12.9. The topological polar surface area (TPSA) is 79.0 Å². The molecule has 0 radical (unpaired) electrons. The number of aromatic nitrogens is 2. The van der Waals surface area contributed by atoms with Crippen LogP contribution in [-0.4, -0.2) is 34.8 Å². The highest BCUT2D eigenvalue weighted by molar-refractivity contribution is 7.87. The molecular formula is C15H17ClN4O2S. The van der Waals surface area contributed by atoms with E-state index >= 15 is 0 Å². The normalized spacial score (nSPS) is 11.7. The Morgan fingerprint density at radius 2 is 1.83 bits per heavy atom. The Kier molecular flexibility index (Phi) is 5.09. The van der Waals surface area contributed by atoms with Crippen LogP contribution in [0.5, 0.6) is 0 Å². The van der Waals surface area contributed by atoms with Crippen molar-refractivity contribution in [1.82, 2.24) is 13.3 Å². The summed E-state index contributed by atoms with van der Waals surface area (Å²) in [5.41, 5.74) is 1.82. The standard InChI is InChI=1S/C15H17ClN4O2S/c1-4-19(5-2)23(21,22)20-13(10-17)18-15(16)14(20)12-8-6-11(3)7-9-12/h6-9H,4-5H2,1-3H3. The summed E-state index contributed by atoms with van der Waals surface area (Å²) in [4.78, 5) is 3.91. The van der Waals surface area contributed by atoms with Crippen molar-refractivity contribution >= 4 is 21.8 Å². The van der Waals surface area contributed by atoms with Gasteiger partial charge in [0.15, 0.2) is 5.15 Å². The van der Waals surface area contributed by atoms with Gasteiger partial charge in [0, 0.05) is 18.7 Å². The summed E-state index contributed by atoms with van der Waals surface area (Å²) in [6.07, 6.45) is 0. The van der Waals surface area contributed by atoms with E-state index in [0.29, 0.717) is 5.56 Å². The first kappa shape index (κ1) is 17.5. The molecule has 2 aromatic rings. The van der Waals surface area contributed by atoms with Crippen molar-refractivity contribution in [3.05, 3.63) is 40.8 Å². The Bertz CT molecular complexity index is 847. The van der Waals surface area contributed by atoms with Gasteiger partial charge in [-0.05, 0) is 6.92 Å². The van der Waals surface area contributed by atoms with Crippen molar-refractivity contribution < 1.29 is 8.42 Å². The number of nitrogens with zero attached hydrogens (tertiary/aromatic N) is 4. The molecule has 0 bridgehead atoms. The zero-order valence-corrected chi connectivity index (χ0v) is 14.7. The van der Waals surface area contributed by atoms with Crippen molar-refractivity contribution in [3.8, 4) is 17.3 Å². The molecule has 122 valence electrons. The third-order valence-electron chi connectivity index (χ3n) is 3.48. The van der Waals surface area contributed by atoms with E-state index in [2.05, 4.69) is 4.98 Å². The molecule has 8 heteroatoms. The van der Waals surface area contributed by atoms with Crippen molar-refractivity contribution in [3.63, 3.8) is 0 Å². The van der Waals surface area contributed by atoms with E-state index < -0.39 is 10.2 Å². The van der Waals surface area contributed by atoms with Crippen LogP contribution in [0.1, 0.15) is 25.2 Å². The lowest BCUT2D eigenvalue weighted by Crippen LogP contribution is -2.36. The highest BCUT2D eigenvalue weighted by Gasteiger charge is 2.30. The van der Waals surface area contributed by atoms with Gasteiger partial charge >= 0.3 is 10.2 Å². The highest BCUT2D eigenvalue weighted by Crippen LogP contribution is 2.31. The fourth-order valence-electron chi connectivity index (χ4n) is 2.29. The van der Waals surface area contributed by atoms with Gasteiger partial charge in [0.05, 0.1) is 0 Å². The second kappa shape index (κ2) is 6.71. The first-order valence-electron chi connectivity index (χ1n) is 7.12. The summed E-state index contributed by atoms with van der Waals surface area (Å²) >= 11 is 6.13. The summed E-state index contributed by atoms with van der Waals surface area (Å²) in [6, 6.07) is 9.02. The molecule has 23 heavy (non-hydrogen) atoms. The van der Waals surface area contributed by atoms with Crippen LogP contribution in [0.2, 0.25) is 5.15 Å². The van der Waals surface area contributed by atoms with Crippen LogP contribution >= 0.6 is 11.6 Å². The molecule has 1 aromatic carbocycles. The lowest BCUT2D eigenvalue weighted by molar-refractivity contribution is 0.438. The Balaban J connectivity index is 2.78. The van der Waals surface area contributed by atoms with Gasteiger partial charge < -0.3 is 0 Å². The number of hydrogen-bond acceptors (Lipinski definition) is 4. The Hall–Kier alpha value is -1.88. The number of imidazole rings is 1. The molecule has 0 aliphatic rings. The van der Waals surface area contributed by atoms with Crippen molar-refractivity contribution in [1.29, 1.82) is 5.26 Å². The van der Waals surface area contributed by atoms with Crippen molar-refractivity contribution in [2.24, 2.45) is 0 Å². The lowest BCUT2D eigenvalue weighted by atomic mass is 10.1. The van der Waals surface area contributed by atoms with E-state index in [0.717, 1.165) is 9.54 Å². The molecule has 0 saturated carbocycles. The van der Waals surface area contributed by atoms with E-state index in [1.807, 2.05) is 25.1 Å². The molecule has 0 fully saturated rings. The number of aryl methyl sites for hydroxylation is 1. The van der Waals surface area contributed by atoms with E-state index in [1.165, 1.54) is 4.31 Å². The second-order valence-corrected chi connectivity index (χ2v) is 7.04. The molecule has 1 aromatic heterocycles. The highest BCUT2D eigenvalue weighted by atomic mass is 35.5. The van der Waals surface area contributed by atoms with Crippen LogP contribution in [0.4, 0.5) is 0 Å². The zero-order valence-electron chi connectivity index (χ0n) is 13.1. The molecule has 0 N–H and O–H groups in total. The third-order valence-corrected chi connectivity index (χ3v) is 5.73. The van der Waals surface area contributed by atoms with Crippen molar-refractivity contribution in [2.75, 3.05) is 13.1 Å². The van der Waals surface area contributed by atoms with Gasteiger partial charge in [0.2, 0.25) is 5.82 Å². The van der Waals surface area contributed by atoms with Crippen LogP contribution in [0.3, 0.4) is 0 Å². The number of benzene rings is 1. The minimum absolute atomic E-state index is 0.0128. The van der Waals surface area contributed by atoms with Crippen LogP contribution in [0.15, 0.2) is 24.3 Å². The number of hydrogen-bond donors (Lipinski definition) is 0. The number of nitriles is 1. The van der Waals surface area contributed by atoms with Crippen LogP contribution in [-0.2, 0) is 10.2 Å². The molecule has 1 heterocycles. The monoisotopic (exact) mass is 352 g/mol. The molecule has 0 aliphatic heterocycles. The molecule has 0 amide bonds. The first-order valence-corrected chi connectivity index (χ1v) is 8.90. The molecule has 0 spiro atoms. The Morgan fingerprint density at radius 3 is 2.30 bits per heavy atom. The second-order valence-electron chi connectivity index (χ2n) is 4.91. The molecule has 2 rings (SSSR count). The summed E-state index contributed by atoms with van der Waals surface area (Å²) in [5.74, 6) is -0.252. The summed E-state index contributed by atoms with van der Waals surface area (Å²) in [7, 11) is -3.93. The molecule has 0 unspecified atom stereocenters. The average molecular weight is 353 g/mol. The van der Waals surface area contributed by atoms with Crippen LogP contribution in [0.25, 0.3) is 11.3 Å². The zero-order chi connectivity index (χ0) is 17.2. The smallest absolute Gasteiger partial charge is 0.205 e. The van der Waals surface area contributed by atoms with Gasteiger partial charge in [-0.1, -0.05) is 55.3 Å². The third kappa shape index (κ3) is 3.11. The number of rotatable bonds is 5. The number of halogens is 1. The average Bonchev–Trinajstić information content (AvgIpc) is 2.86. The quantitative estimate of drug-likeness (QED) is 0.828. The maximum Gasteiger partial charge on any atom is 0.310 e. The molecular weight excluding hydrogens is 336 g/mol. The summed E-state index contributed by atoms with van der Waals surface area (Å²) < 4.78 is 28.0. The van der Waals surface area contributed by atoms with E-state index in [1.54, 1.807) is 26.0 Å². The van der Waals surface area contributed by atoms with E-state index in [-0.39, 0.29) is 29.8 Å². The maximum atomic E-state index is 12.9. The Morgan fingerprint density at radius 1 is 1.26 bits per heavy atom. The largest absolute Gasteiger partial charge is 0.310 e. The summed E-state index contributed by atoms with van der Waals surface area (Å²) in [5, 5.41) is 9.25. The predicted octanol–water partition coefficient (Wildman–Crippen LogP) is 2.82. The minimum atomic E-state index is -3.93. The van der Waals surface area contributed by atoms with Gasteiger partial charge in [0.25, 0.3) is 0 Å². The van der Waals surface area contributed by atoms with E-state index in [4.69, 9.17) is 11.6 Å². The fraction of sp³-hybridized carbons (Fsp3) is 0.333. The molecule has 0 saturated heterocycles. The Labute approximate surface area is 141 Å². The lowest BCUT2D eigenvalue weighted by Gasteiger charge is -2.20. The summed E-state index contributed by atoms with van der Waals surface area (Å²) in [6.45, 7) is 5.96. The predicted molar refractivity (Wildman–Crippen MR) is 89.4 cm³/mol. The van der Waals surface area contributed by atoms with Gasteiger partial charge in [-0.2, -0.15) is 22.0 Å². The molecule has 6 nitrogen and oxygen atoms in total. The van der Waals surface area contributed by atoms with Crippen LogP contribution < -0.4 is 0 Å². The van der Waals surface area contributed by atoms with Gasteiger partial charge in [-0.3, -0.25) is 0 Å². The van der Waals surface area contributed by atoms with Gasteiger partial charge in [-0.25, -0.2) is 4.98 Å². The van der Waals surface area contributed by atoms with Gasteiger partial charge in [0.1, 0.15) is 11.8 Å². The molecule has 0 aliphatic carbocycles. The molecule has 0 atom stereocenters. The minimum Gasteiger partial charge on any atom is -0.205 e. The fourth-order valence-corrected chi connectivity index (χ4v) is 4.22. The SMILES string of the molecule is CCN(CC)S(=O)(=O)n1c(C#N)nc(Cl)c1-c1ccc(C)cc1. The van der Waals surface area contributed by atoms with Crippen LogP contribution in [0, 0.1) is 18.3 Å². The first-order chi connectivity index (χ1) is 10.9. The van der Waals surface area contributed by atoms with Gasteiger partial charge in [-0.15, -0.1) is 0 Å². The van der Waals surface area contributed by atoms with Crippen molar-refractivity contribution in [2.45, 2.75) is 20.8 Å².